The van der Waals surface area contributed by atoms with E-state index in [9.17, 15) is 0 Å². The summed E-state index contributed by atoms with van der Waals surface area (Å²) >= 11 is 0. The van der Waals surface area contributed by atoms with Crippen molar-refractivity contribution >= 4 is 29.4 Å². The second-order valence-corrected chi connectivity index (χ2v) is 6.20. The summed E-state index contributed by atoms with van der Waals surface area (Å²) in [7, 11) is 0. The van der Waals surface area contributed by atoms with E-state index in [2.05, 4.69) is 38.0 Å². The number of ether oxygens (including phenoxy) is 1. The van der Waals surface area contributed by atoms with Crippen LogP contribution in [0.3, 0.4) is 0 Å². The fourth-order valence-electron chi connectivity index (χ4n) is 3.18. The van der Waals surface area contributed by atoms with Crippen molar-refractivity contribution in [3.8, 4) is 0 Å². The number of fused-ring (bicyclic) bond motifs is 1. The van der Waals surface area contributed by atoms with Crippen LogP contribution in [0.1, 0.15) is 5.69 Å². The van der Waals surface area contributed by atoms with Gasteiger partial charge >= 0.3 is 0 Å². The number of nitrogens with zero attached hydrogens (tertiary/aromatic N) is 4. The van der Waals surface area contributed by atoms with E-state index in [0.29, 0.717) is 6.54 Å². The number of rotatable bonds is 6. The summed E-state index contributed by atoms with van der Waals surface area (Å²) in [6.07, 6.45) is 1.82. The number of anilines is 1. The van der Waals surface area contributed by atoms with Crippen molar-refractivity contribution in [3.05, 3.63) is 54.4 Å². The quantitative estimate of drug-likeness (QED) is 0.720. The Kier molecular flexibility index (Phi) is 6.44. The molecule has 138 valence electrons. The first-order chi connectivity index (χ1) is 12.4. The molecule has 0 atom stereocenters. The normalized spacial score (nSPS) is 14.9. The zero-order valence-electron chi connectivity index (χ0n) is 14.7. The number of nitrogens with one attached hydrogen (secondary N) is 1. The van der Waals surface area contributed by atoms with E-state index >= 15 is 0 Å². The molecule has 6 nitrogen and oxygen atoms in total. The number of hydrogen-bond acceptors (Lipinski definition) is 5. The Morgan fingerprint density at radius 3 is 2.62 bits per heavy atom. The summed E-state index contributed by atoms with van der Waals surface area (Å²) < 4.78 is 7.71. The fraction of sp³-hybridized carbons (Fsp3) is 0.368. The lowest BCUT2D eigenvalue weighted by atomic mass is 10.3. The van der Waals surface area contributed by atoms with Crippen molar-refractivity contribution in [2.75, 3.05) is 38.2 Å². The van der Waals surface area contributed by atoms with Crippen LogP contribution in [-0.4, -0.2) is 52.3 Å². The fourth-order valence-corrected chi connectivity index (χ4v) is 3.18. The zero-order valence-corrected chi connectivity index (χ0v) is 15.5. The molecule has 0 aliphatic carbocycles. The van der Waals surface area contributed by atoms with Crippen LogP contribution in [0.5, 0.6) is 0 Å². The van der Waals surface area contributed by atoms with Gasteiger partial charge in [0.1, 0.15) is 0 Å². The van der Waals surface area contributed by atoms with Gasteiger partial charge in [-0.15, -0.1) is 12.4 Å². The predicted octanol–water partition coefficient (Wildman–Crippen LogP) is 2.80. The zero-order chi connectivity index (χ0) is 16.9. The van der Waals surface area contributed by atoms with Gasteiger partial charge in [-0.1, -0.05) is 18.2 Å². The van der Waals surface area contributed by atoms with E-state index in [1.54, 1.807) is 0 Å². The summed E-state index contributed by atoms with van der Waals surface area (Å²) in [6, 6.07) is 14.3. The highest BCUT2D eigenvalue weighted by Crippen LogP contribution is 2.20. The van der Waals surface area contributed by atoms with Gasteiger partial charge in [0, 0.05) is 32.4 Å². The molecule has 0 saturated carbocycles. The van der Waals surface area contributed by atoms with E-state index < -0.39 is 0 Å². The number of hydrogen-bond donors (Lipinski definition) is 1. The van der Waals surface area contributed by atoms with Crippen molar-refractivity contribution in [2.24, 2.45) is 0 Å². The number of pyridine rings is 1. The average molecular weight is 374 g/mol. The molecule has 0 radical (unpaired) electrons. The average Bonchev–Trinajstić information content (AvgIpc) is 3.04. The highest BCUT2D eigenvalue weighted by molar-refractivity contribution is 5.85. The number of aromatic nitrogens is 3. The van der Waals surface area contributed by atoms with Crippen LogP contribution < -0.4 is 5.32 Å². The van der Waals surface area contributed by atoms with E-state index in [1.165, 1.54) is 5.52 Å². The van der Waals surface area contributed by atoms with Gasteiger partial charge in [0.15, 0.2) is 0 Å². The monoisotopic (exact) mass is 373 g/mol. The van der Waals surface area contributed by atoms with Gasteiger partial charge in [0.25, 0.3) is 0 Å². The summed E-state index contributed by atoms with van der Waals surface area (Å²) in [6.45, 7) is 6.24. The van der Waals surface area contributed by atoms with Gasteiger partial charge in [-0.3, -0.25) is 9.88 Å². The van der Waals surface area contributed by atoms with Crippen molar-refractivity contribution in [3.63, 3.8) is 0 Å². The topological polar surface area (TPSA) is 55.2 Å². The van der Waals surface area contributed by atoms with Crippen LogP contribution in [0.25, 0.3) is 11.0 Å². The maximum absolute atomic E-state index is 5.44. The van der Waals surface area contributed by atoms with Crippen molar-refractivity contribution < 1.29 is 4.74 Å². The molecule has 26 heavy (non-hydrogen) atoms. The first-order valence-corrected chi connectivity index (χ1v) is 8.79. The summed E-state index contributed by atoms with van der Waals surface area (Å²) in [5.74, 6) is 0.903. The summed E-state index contributed by atoms with van der Waals surface area (Å²) in [4.78, 5) is 11.6. The number of para-hydroxylation sites is 2. The molecule has 1 aliphatic rings. The van der Waals surface area contributed by atoms with Crippen LogP contribution in [0.15, 0.2) is 48.7 Å². The summed E-state index contributed by atoms with van der Waals surface area (Å²) in [5, 5.41) is 3.45. The Morgan fingerprint density at radius 2 is 1.81 bits per heavy atom. The highest BCUT2D eigenvalue weighted by atomic mass is 35.5. The van der Waals surface area contributed by atoms with Crippen molar-refractivity contribution in [2.45, 2.75) is 13.1 Å². The van der Waals surface area contributed by atoms with Crippen molar-refractivity contribution in [1.29, 1.82) is 0 Å². The molecule has 4 rings (SSSR count). The molecule has 0 amide bonds. The molecular weight excluding hydrogens is 350 g/mol. The predicted molar refractivity (Wildman–Crippen MR) is 106 cm³/mol. The van der Waals surface area contributed by atoms with E-state index in [0.717, 1.165) is 56.6 Å². The molecule has 1 N–H and O–H groups in total. The van der Waals surface area contributed by atoms with Crippen LogP contribution in [-0.2, 0) is 17.8 Å². The highest BCUT2D eigenvalue weighted by Gasteiger charge is 2.14. The molecule has 0 unspecified atom stereocenters. The number of halogens is 1. The smallest absolute Gasteiger partial charge is 0.204 e. The van der Waals surface area contributed by atoms with Gasteiger partial charge < -0.3 is 14.6 Å². The Morgan fingerprint density at radius 1 is 1.00 bits per heavy atom. The lowest BCUT2D eigenvalue weighted by Gasteiger charge is -2.27. The third kappa shape index (κ3) is 4.33. The SMILES string of the molecule is Cl.c1ccc(CNc2nc3ccccc3n2CCN2CCOCC2)nc1. The van der Waals surface area contributed by atoms with Gasteiger partial charge in [0.2, 0.25) is 5.95 Å². The van der Waals surface area contributed by atoms with Crippen LogP contribution >= 0.6 is 12.4 Å². The third-order valence-corrected chi connectivity index (χ3v) is 4.55. The van der Waals surface area contributed by atoms with Gasteiger partial charge in [-0.25, -0.2) is 4.98 Å². The molecule has 1 aromatic carbocycles. The number of benzene rings is 1. The molecule has 7 heteroatoms. The largest absolute Gasteiger partial charge is 0.379 e. The molecule has 0 spiro atoms. The first kappa shape index (κ1) is 18.6. The second-order valence-electron chi connectivity index (χ2n) is 6.20. The lowest BCUT2D eigenvalue weighted by molar-refractivity contribution is 0.0366. The molecule has 3 heterocycles. The Labute approximate surface area is 159 Å². The maximum atomic E-state index is 5.44. The number of morpholine rings is 1. The molecule has 3 aromatic rings. The lowest BCUT2D eigenvalue weighted by Crippen LogP contribution is -2.38. The van der Waals surface area contributed by atoms with E-state index in [4.69, 9.17) is 9.72 Å². The first-order valence-electron chi connectivity index (χ1n) is 8.79. The van der Waals surface area contributed by atoms with Gasteiger partial charge in [-0.05, 0) is 24.3 Å². The Hall–Kier alpha value is -2.15. The minimum absolute atomic E-state index is 0. The number of imidazole rings is 1. The molecule has 1 fully saturated rings. The van der Waals surface area contributed by atoms with Crippen LogP contribution in [0.2, 0.25) is 0 Å². The van der Waals surface area contributed by atoms with Gasteiger partial charge in [0.05, 0.1) is 36.5 Å². The molecule has 0 bridgehead atoms. The standard InChI is InChI=1S/C19H23N5O.ClH/c1-2-7-18-17(6-1)22-19(21-15-16-5-3-4-8-20-16)24(18)10-9-23-11-13-25-14-12-23;/h1-8H,9-15H2,(H,21,22);1H. The summed E-state index contributed by atoms with van der Waals surface area (Å²) in [5.41, 5.74) is 3.20. The maximum Gasteiger partial charge on any atom is 0.204 e. The minimum Gasteiger partial charge on any atom is -0.379 e. The molecular formula is C19H24ClN5O. The minimum atomic E-state index is 0. The van der Waals surface area contributed by atoms with Crippen LogP contribution in [0.4, 0.5) is 5.95 Å². The Balaban J connectivity index is 0.00000196. The second kappa shape index (κ2) is 8.98. The third-order valence-electron chi connectivity index (χ3n) is 4.55. The Bertz CT molecular complexity index is 817. The van der Waals surface area contributed by atoms with E-state index in [1.807, 2.05) is 30.5 Å². The molecule has 1 aliphatic heterocycles. The molecule has 2 aromatic heterocycles. The molecule has 1 saturated heterocycles. The van der Waals surface area contributed by atoms with Crippen molar-refractivity contribution in [1.82, 2.24) is 19.4 Å². The van der Waals surface area contributed by atoms with Crippen LogP contribution in [0, 0.1) is 0 Å². The van der Waals surface area contributed by atoms with E-state index in [-0.39, 0.29) is 12.4 Å². The van der Waals surface area contributed by atoms with Gasteiger partial charge in [-0.2, -0.15) is 0 Å².